The Hall–Kier alpha value is -12.5. The highest BCUT2D eigenvalue weighted by molar-refractivity contribution is 5.98. The molecule has 0 aliphatic heterocycles. The highest BCUT2D eigenvalue weighted by Gasteiger charge is 2.25. The first-order chi connectivity index (χ1) is 73.1. The average Bonchev–Trinajstić information content (AvgIpc) is 0.801. The number of nitrogens with one attached hydrogen (secondary N) is 5. The Bertz CT molecular complexity index is 5120. The van der Waals surface area contributed by atoms with Crippen molar-refractivity contribution in [3.8, 4) is 57.5 Å². The van der Waals surface area contributed by atoms with Crippen LogP contribution in [0.3, 0.4) is 0 Å². The van der Waals surface area contributed by atoms with Crippen LogP contribution in [0.15, 0.2) is 116 Å². The van der Waals surface area contributed by atoms with E-state index in [0.29, 0.717) is 178 Å². The molecule has 5 aromatic carbocycles. The predicted octanol–water partition coefficient (Wildman–Crippen LogP) is 28.1. The van der Waals surface area contributed by atoms with Gasteiger partial charge in [0.25, 0.3) is 0 Å². The van der Waals surface area contributed by atoms with Gasteiger partial charge in [-0.3, -0.25) is 24.0 Å². The lowest BCUT2D eigenvalue weighted by Crippen LogP contribution is -2.18. The fraction of sp³-hybridized carbons (Fsp3) is 0.583. The summed E-state index contributed by atoms with van der Waals surface area (Å²) in [6.45, 7) is 35.5. The number of pyridine rings is 5. The van der Waals surface area contributed by atoms with Gasteiger partial charge in [-0.1, -0.05) is 259 Å². The Morgan fingerprint density at radius 3 is 0.440 bits per heavy atom. The summed E-state index contributed by atoms with van der Waals surface area (Å²) in [6, 6.07) is 17.0. The number of fused-ring (bicyclic) bond motifs is 5. The number of rotatable bonds is 70. The van der Waals surface area contributed by atoms with Crippen LogP contribution >= 0.6 is 0 Å². The zero-order valence-corrected chi connectivity index (χ0v) is 92.8. The molecule has 5 aromatic heterocycles. The van der Waals surface area contributed by atoms with Gasteiger partial charge in [-0.25, -0.2) is 24.0 Å². The fourth-order valence-corrected chi connectivity index (χ4v) is 16.9. The van der Waals surface area contributed by atoms with Crippen LogP contribution in [0.4, 0.5) is 0 Å². The third-order valence-corrected chi connectivity index (χ3v) is 25.0. The Morgan fingerprint density at radius 2 is 0.307 bits per heavy atom. The van der Waals surface area contributed by atoms with Gasteiger partial charge in [0.15, 0.2) is 57.5 Å². The minimum absolute atomic E-state index is 0.0115. The van der Waals surface area contributed by atoms with Gasteiger partial charge in [0.2, 0.25) is 27.1 Å². The lowest BCUT2D eigenvalue weighted by Gasteiger charge is -2.13. The van der Waals surface area contributed by atoms with E-state index < -0.39 is 29.8 Å². The topological polar surface area (TPSA) is 388 Å². The van der Waals surface area contributed by atoms with E-state index in [0.717, 1.165) is 64.2 Å². The molecule has 0 atom stereocenters. The second kappa shape index (κ2) is 75.2. The van der Waals surface area contributed by atoms with Gasteiger partial charge < -0.3 is 96.0 Å². The van der Waals surface area contributed by atoms with Crippen molar-refractivity contribution in [2.45, 2.75) is 361 Å². The monoisotopic (exact) mass is 2090 g/mol. The van der Waals surface area contributed by atoms with Gasteiger partial charge in [-0.05, 0) is 132 Å². The summed E-state index contributed by atoms with van der Waals surface area (Å²) >= 11 is 0. The number of unbranched alkanes of at least 4 members (excludes halogenated alkanes) is 35. The van der Waals surface area contributed by atoms with Crippen molar-refractivity contribution in [1.82, 2.24) is 24.9 Å². The van der Waals surface area contributed by atoms with Crippen LogP contribution in [0.2, 0.25) is 0 Å². The second-order valence-corrected chi connectivity index (χ2v) is 36.8. The number of hydrogen-bond acceptors (Lipinski definition) is 25. The summed E-state index contributed by atoms with van der Waals surface area (Å²) in [5.41, 5.74) is 1.04. The van der Waals surface area contributed by atoms with Crippen molar-refractivity contribution in [3.63, 3.8) is 0 Å². The first-order valence-corrected chi connectivity index (χ1v) is 56.2. The summed E-state index contributed by atoms with van der Waals surface area (Å²) in [4.78, 5) is 139. The molecule has 830 valence electrons. The molecule has 0 radical (unpaired) electrons. The number of aromatic nitrogens is 5. The number of benzene rings is 5. The molecule has 5 N–H and O–H groups in total. The number of carbonyl (C=O) groups excluding carboxylic acids is 5. The molecule has 10 rings (SSSR count). The van der Waals surface area contributed by atoms with E-state index in [1.165, 1.54) is 224 Å². The van der Waals surface area contributed by atoms with E-state index in [1.807, 2.05) is 34.6 Å². The molecule has 10 aromatic rings. The molecule has 0 saturated carbocycles. The molecule has 0 aliphatic rings. The minimum Gasteiger partial charge on any atom is -0.490 e. The van der Waals surface area contributed by atoms with Gasteiger partial charge >= 0.3 is 29.8 Å². The lowest BCUT2D eigenvalue weighted by molar-refractivity contribution is 0.0515. The number of esters is 5. The van der Waals surface area contributed by atoms with Crippen LogP contribution in [0.5, 0.6) is 57.5 Å². The maximum atomic E-state index is 12.8. The SMILES string of the molecule is CCCCCCCCCCOc1cc2c(=O)c(C(=O)OCC)c[nH]c2cc1OCC.CCCCCCCCCCOc1cc2c(=O)c(C(=O)OCC)c[nH]c2cc1OCC.CCCCCCCCCCOc1cc2c(=O)c(C(=O)OCC)c[nH]c2cc1OCC.CCCCCCCCCCOc1cc2c(=O)c(C(=O)OCC)c[nH]c2cc1OCC.CCCCCCCCCCOc1cc2c(=O)c(C(=O)OCC)c[nH]c2cc1OCC. The summed E-state index contributed by atoms with van der Waals surface area (Å²) in [6.07, 6.45) is 55.8. The zero-order chi connectivity index (χ0) is 109. The van der Waals surface area contributed by atoms with Gasteiger partial charge in [0.1, 0.15) is 27.8 Å². The third-order valence-electron chi connectivity index (χ3n) is 25.0. The van der Waals surface area contributed by atoms with E-state index in [1.54, 1.807) is 95.3 Å². The normalized spacial score (nSPS) is 10.9. The smallest absolute Gasteiger partial charge is 0.343 e. The van der Waals surface area contributed by atoms with Crippen molar-refractivity contribution in [2.24, 2.45) is 0 Å². The standard InChI is InChI=1S/5C24H35NO5/c5*1-4-7-8-9-10-11-12-13-14-30-21-15-18-20(16-22(21)28-5-2)25-17-19(23(18)26)24(27)29-6-3/h5*15-17H,4-14H2,1-3H3,(H,25,26). The molecule has 30 nitrogen and oxygen atoms in total. The number of aromatic amines is 5. The van der Waals surface area contributed by atoms with Crippen molar-refractivity contribution in [2.75, 3.05) is 99.1 Å². The van der Waals surface area contributed by atoms with Crippen LogP contribution < -0.4 is 74.5 Å². The van der Waals surface area contributed by atoms with Crippen molar-refractivity contribution in [1.29, 1.82) is 0 Å². The predicted molar refractivity (Wildman–Crippen MR) is 599 cm³/mol. The summed E-state index contributed by atoms with van der Waals surface area (Å²) in [5.74, 6) is 2.43. The number of ether oxygens (including phenoxy) is 15. The van der Waals surface area contributed by atoms with Crippen molar-refractivity contribution in [3.05, 3.63) is 171 Å². The average molecular weight is 2090 g/mol. The highest BCUT2D eigenvalue weighted by atomic mass is 16.6. The molecule has 0 fully saturated rings. The molecule has 0 unspecified atom stereocenters. The molecule has 0 amide bonds. The van der Waals surface area contributed by atoms with E-state index in [2.05, 4.69) is 59.5 Å². The third kappa shape index (κ3) is 43.5. The first-order valence-electron chi connectivity index (χ1n) is 56.2. The number of H-pyrrole nitrogens is 5. The number of carbonyl (C=O) groups is 5. The molecule has 30 heteroatoms. The van der Waals surface area contributed by atoms with E-state index in [9.17, 15) is 47.9 Å². The van der Waals surface area contributed by atoms with Crippen LogP contribution in [0.25, 0.3) is 54.5 Å². The maximum Gasteiger partial charge on any atom is 0.343 e. The highest BCUT2D eigenvalue weighted by Crippen LogP contribution is 2.38. The zero-order valence-electron chi connectivity index (χ0n) is 92.8. The van der Waals surface area contributed by atoms with Crippen molar-refractivity contribution >= 4 is 84.4 Å². The first kappa shape index (κ1) is 126. The summed E-state index contributed by atoms with van der Waals surface area (Å²) in [7, 11) is 0. The van der Waals surface area contributed by atoms with Gasteiger partial charge in [-0.15, -0.1) is 0 Å². The van der Waals surface area contributed by atoms with Gasteiger partial charge in [-0.2, -0.15) is 0 Å². The lowest BCUT2D eigenvalue weighted by atomic mass is 10.1. The quantitative estimate of drug-likeness (QED) is 0.0134. The molecular formula is C120H175N5O25. The molecule has 0 saturated heterocycles. The molecule has 5 heterocycles. The second-order valence-electron chi connectivity index (χ2n) is 36.8. The van der Waals surface area contributed by atoms with Gasteiger partial charge in [0, 0.05) is 61.3 Å². The largest absolute Gasteiger partial charge is 0.490 e. The molecule has 0 spiro atoms. The maximum absolute atomic E-state index is 12.8. The molecule has 0 aliphatic carbocycles. The summed E-state index contributed by atoms with van der Waals surface area (Å²) < 4.78 is 83.1. The van der Waals surface area contributed by atoms with E-state index >= 15 is 0 Å². The molecule has 150 heavy (non-hydrogen) atoms. The Morgan fingerprint density at radius 1 is 0.173 bits per heavy atom. The van der Waals surface area contributed by atoms with Crippen LogP contribution in [-0.2, 0) is 23.7 Å². The fourth-order valence-electron chi connectivity index (χ4n) is 16.9. The molecular weight excluding hydrogens is 1910 g/mol. The minimum atomic E-state index is -0.629. The van der Waals surface area contributed by atoms with E-state index in [-0.39, 0.29) is 88.0 Å². The van der Waals surface area contributed by atoms with Crippen LogP contribution in [0.1, 0.15) is 412 Å². The Balaban J connectivity index is 0.000000286. The Kier molecular flexibility index (Phi) is 63.3. The molecule has 0 bridgehead atoms. The van der Waals surface area contributed by atoms with E-state index in [4.69, 9.17) is 71.1 Å². The number of hydrogen-bond donors (Lipinski definition) is 5. The van der Waals surface area contributed by atoms with Crippen molar-refractivity contribution < 1.29 is 95.0 Å². The van der Waals surface area contributed by atoms with Crippen LogP contribution in [0, 0.1) is 0 Å². The van der Waals surface area contributed by atoms with Crippen LogP contribution in [-0.4, -0.2) is 154 Å². The Labute approximate surface area is 887 Å². The summed E-state index contributed by atoms with van der Waals surface area (Å²) in [5, 5.41) is 1.92. The van der Waals surface area contributed by atoms with Gasteiger partial charge in [0.05, 0.1) is 154 Å².